The van der Waals surface area contributed by atoms with Crippen LogP contribution < -0.4 is 16.0 Å². The topological polar surface area (TPSA) is 129 Å². The average molecular weight is 700 g/mol. The fourth-order valence-electron chi connectivity index (χ4n) is 7.69. The molecule has 0 aromatic carbocycles. The molecule has 2 aliphatic heterocycles. The van der Waals surface area contributed by atoms with Crippen LogP contribution in [0.2, 0.25) is 0 Å². The maximum Gasteiger partial charge on any atom is 0.245 e. The van der Waals surface area contributed by atoms with E-state index in [4.69, 9.17) is 9.47 Å². The summed E-state index contributed by atoms with van der Waals surface area (Å²) >= 11 is 0. The van der Waals surface area contributed by atoms with Crippen LogP contribution in [0.25, 0.3) is 0 Å². The van der Waals surface area contributed by atoms with Gasteiger partial charge in [0.25, 0.3) is 0 Å². The molecule has 8 atom stereocenters. The minimum absolute atomic E-state index is 0.0234. The first-order valence-electron chi connectivity index (χ1n) is 18.9. The highest BCUT2D eigenvalue weighted by atomic mass is 16.5. The van der Waals surface area contributed by atoms with E-state index in [1.807, 2.05) is 50.0 Å². The molecule has 3 rings (SSSR count). The molecule has 0 radical (unpaired) electrons. The number of methoxy groups -OCH3 is 2. The number of allylic oxidation sites excluding steroid dienone is 6. The molecule has 2 fully saturated rings. The molecule has 4 amide bonds. The third-order valence-corrected chi connectivity index (χ3v) is 10.9. The Morgan fingerprint density at radius 2 is 1.66 bits per heavy atom. The predicted molar refractivity (Wildman–Crippen MR) is 197 cm³/mol. The number of carbonyl (C=O) groups excluding carboxylic acids is 4. The molecule has 1 aliphatic carbocycles. The van der Waals surface area contributed by atoms with Gasteiger partial charge in [-0.05, 0) is 56.4 Å². The summed E-state index contributed by atoms with van der Waals surface area (Å²) in [5.41, 5.74) is 0. The second kappa shape index (κ2) is 20.7. The lowest BCUT2D eigenvalue weighted by atomic mass is 9.89. The van der Waals surface area contributed by atoms with Crippen molar-refractivity contribution in [2.75, 3.05) is 40.9 Å². The summed E-state index contributed by atoms with van der Waals surface area (Å²) in [5.74, 6) is -0.809. The minimum Gasteiger partial charge on any atom is -0.379 e. The van der Waals surface area contributed by atoms with Gasteiger partial charge in [-0.15, -0.1) is 0 Å². The van der Waals surface area contributed by atoms with Gasteiger partial charge >= 0.3 is 0 Å². The van der Waals surface area contributed by atoms with Crippen molar-refractivity contribution in [1.82, 2.24) is 25.8 Å². The number of hydrogen-bond donors (Lipinski definition) is 3. The predicted octanol–water partition coefficient (Wildman–Crippen LogP) is 3.99. The van der Waals surface area contributed by atoms with Crippen LogP contribution in [0.3, 0.4) is 0 Å². The highest BCUT2D eigenvalue weighted by molar-refractivity contribution is 5.90. The lowest BCUT2D eigenvalue weighted by molar-refractivity contribution is -0.147. The van der Waals surface area contributed by atoms with Crippen LogP contribution in [0.4, 0.5) is 0 Å². The van der Waals surface area contributed by atoms with Crippen molar-refractivity contribution < 1.29 is 28.7 Å². The van der Waals surface area contributed by atoms with Crippen molar-refractivity contribution in [2.45, 2.75) is 122 Å². The quantitative estimate of drug-likeness (QED) is 0.197. The number of nitrogens with zero attached hydrogens (tertiary/aromatic N) is 2. The molecular formula is C39H65N5O6. The van der Waals surface area contributed by atoms with E-state index in [1.165, 1.54) is 0 Å². The molecular weight excluding hydrogens is 634 g/mol. The second-order valence-corrected chi connectivity index (χ2v) is 14.7. The zero-order valence-corrected chi connectivity index (χ0v) is 31.9. The summed E-state index contributed by atoms with van der Waals surface area (Å²) in [7, 11) is 4.95. The van der Waals surface area contributed by atoms with Crippen LogP contribution in [-0.2, 0) is 28.7 Å². The third-order valence-electron chi connectivity index (χ3n) is 10.9. The number of likely N-dealkylation sites (N-methyl/N-ethyl adjacent to an activating group) is 1. The first kappa shape index (κ1) is 41.4. The average Bonchev–Trinajstić information content (AvgIpc) is 3.45. The first-order chi connectivity index (χ1) is 23.9. The lowest BCUT2D eigenvalue weighted by Gasteiger charge is -2.41. The second-order valence-electron chi connectivity index (χ2n) is 14.7. The van der Waals surface area contributed by atoms with E-state index in [9.17, 15) is 19.2 Å². The Hall–Kier alpha value is -3.02. The molecule has 0 bridgehead atoms. The van der Waals surface area contributed by atoms with Crippen LogP contribution in [0.15, 0.2) is 36.5 Å². The first-order valence-corrected chi connectivity index (χ1v) is 18.9. The normalized spacial score (nSPS) is 23.1. The Morgan fingerprint density at radius 3 is 2.24 bits per heavy atom. The van der Waals surface area contributed by atoms with Crippen molar-refractivity contribution in [3.8, 4) is 0 Å². The molecule has 50 heavy (non-hydrogen) atoms. The van der Waals surface area contributed by atoms with Crippen molar-refractivity contribution in [3.05, 3.63) is 36.5 Å². The van der Waals surface area contributed by atoms with Gasteiger partial charge in [-0.1, -0.05) is 83.9 Å². The van der Waals surface area contributed by atoms with E-state index >= 15 is 0 Å². The van der Waals surface area contributed by atoms with E-state index < -0.39 is 30.2 Å². The van der Waals surface area contributed by atoms with Gasteiger partial charge in [0.2, 0.25) is 23.6 Å². The van der Waals surface area contributed by atoms with Gasteiger partial charge < -0.3 is 35.2 Å². The number of carbonyl (C=O) groups is 4. The number of hydrogen-bond acceptors (Lipinski definition) is 7. The van der Waals surface area contributed by atoms with Crippen molar-refractivity contribution in [2.24, 2.45) is 23.7 Å². The molecule has 0 saturated carbocycles. The van der Waals surface area contributed by atoms with Gasteiger partial charge in [-0.3, -0.25) is 19.2 Å². The van der Waals surface area contributed by atoms with Crippen molar-refractivity contribution in [1.29, 1.82) is 0 Å². The Labute approximate surface area is 301 Å². The summed E-state index contributed by atoms with van der Waals surface area (Å²) in [6, 6.07) is -1.65. The van der Waals surface area contributed by atoms with Gasteiger partial charge in [0.05, 0.1) is 42.7 Å². The van der Waals surface area contributed by atoms with E-state index in [0.717, 1.165) is 51.5 Å². The lowest BCUT2D eigenvalue weighted by Crippen LogP contribution is -2.59. The Bertz CT molecular complexity index is 1180. The summed E-state index contributed by atoms with van der Waals surface area (Å²) in [4.78, 5) is 58.2. The van der Waals surface area contributed by atoms with Crippen LogP contribution in [0.1, 0.15) is 86.0 Å². The van der Waals surface area contributed by atoms with E-state index in [1.54, 1.807) is 26.2 Å². The number of likely N-dealkylation sites (tertiary alicyclic amines) is 1. The molecule has 3 aliphatic rings. The number of piperidine rings is 1. The summed E-state index contributed by atoms with van der Waals surface area (Å²) < 4.78 is 11.9. The van der Waals surface area contributed by atoms with Crippen LogP contribution >= 0.6 is 0 Å². The molecule has 0 aromatic rings. The van der Waals surface area contributed by atoms with Crippen LogP contribution in [-0.4, -0.2) is 111 Å². The number of rotatable bonds is 18. The summed E-state index contributed by atoms with van der Waals surface area (Å²) in [5, 5.41) is 9.39. The highest BCUT2D eigenvalue weighted by Gasteiger charge is 2.43. The van der Waals surface area contributed by atoms with E-state index in [0.29, 0.717) is 13.1 Å². The van der Waals surface area contributed by atoms with Gasteiger partial charge in [0.1, 0.15) is 6.04 Å². The SMILES string of the molecule is CC[C@H](C)[C@@H]([C@@H](CC(=O)N1CCC[C@H]1[C@H](OC)[C@@H](C)C(=O)NCCC1C=CC=CC=C1)OC)N(C)C(=O)[C@@H](NC(=O)C1CCCCN1)C(C)C. The van der Waals surface area contributed by atoms with Crippen molar-refractivity contribution >= 4 is 23.6 Å². The van der Waals surface area contributed by atoms with Gasteiger partial charge in [0.15, 0.2) is 0 Å². The Kier molecular flexibility index (Phi) is 17.2. The fraction of sp³-hybridized carbons (Fsp3) is 0.744. The summed E-state index contributed by atoms with van der Waals surface area (Å²) in [6.07, 6.45) is 17.2. The summed E-state index contributed by atoms with van der Waals surface area (Å²) in [6.45, 7) is 11.8. The van der Waals surface area contributed by atoms with Gasteiger partial charge in [-0.2, -0.15) is 0 Å². The van der Waals surface area contributed by atoms with Crippen LogP contribution in [0, 0.1) is 23.7 Å². The zero-order chi connectivity index (χ0) is 36.8. The monoisotopic (exact) mass is 699 g/mol. The molecule has 2 saturated heterocycles. The molecule has 11 heteroatoms. The number of amides is 4. The van der Waals surface area contributed by atoms with Crippen molar-refractivity contribution in [3.63, 3.8) is 0 Å². The van der Waals surface area contributed by atoms with Crippen LogP contribution in [0.5, 0.6) is 0 Å². The van der Waals surface area contributed by atoms with E-state index in [2.05, 4.69) is 41.9 Å². The van der Waals surface area contributed by atoms with Gasteiger partial charge in [-0.25, -0.2) is 0 Å². The molecule has 3 N–H and O–H groups in total. The minimum atomic E-state index is -0.703. The standard InChI is InChI=1S/C39H65N5O6/c1-9-27(4)35(43(6)39(48)34(26(2)3)42-38(47)30-19-14-15-22-40-30)32(49-7)25-33(45)44-24-16-20-31(44)36(50-8)28(5)37(46)41-23-21-29-17-12-10-11-13-18-29/h10-13,17-18,26-32,34-36,40H,9,14-16,19-25H2,1-8H3,(H,41,46)(H,42,47)/t27-,28+,30?,31-,32+,34-,35-,36+/m0/s1. The molecule has 0 aromatic heterocycles. The molecule has 282 valence electrons. The molecule has 11 nitrogen and oxygen atoms in total. The number of nitrogens with one attached hydrogen (secondary N) is 3. The molecule has 1 unspecified atom stereocenters. The Balaban J connectivity index is 1.69. The maximum atomic E-state index is 14.1. The smallest absolute Gasteiger partial charge is 0.245 e. The maximum absolute atomic E-state index is 14.1. The molecule has 2 heterocycles. The van der Waals surface area contributed by atoms with Gasteiger partial charge in [0, 0.05) is 34.4 Å². The third kappa shape index (κ3) is 11.2. The Morgan fingerprint density at radius 1 is 0.960 bits per heavy atom. The highest BCUT2D eigenvalue weighted by Crippen LogP contribution is 2.29. The molecule has 0 spiro atoms. The van der Waals surface area contributed by atoms with E-state index in [-0.39, 0.29) is 59.9 Å². The largest absolute Gasteiger partial charge is 0.379 e. The zero-order valence-electron chi connectivity index (χ0n) is 31.9. The fourth-order valence-corrected chi connectivity index (χ4v) is 7.69. The number of ether oxygens (including phenoxy) is 2.